The summed E-state index contributed by atoms with van der Waals surface area (Å²) in [4.78, 5) is 3.28. The van der Waals surface area contributed by atoms with Crippen LogP contribution in [0.25, 0.3) is 0 Å². The van der Waals surface area contributed by atoms with E-state index in [0.29, 0.717) is 0 Å². The predicted octanol–water partition coefficient (Wildman–Crippen LogP) is 10.7. The second-order valence-corrected chi connectivity index (χ2v) is 15.3. The van der Waals surface area contributed by atoms with Crippen molar-refractivity contribution in [2.45, 2.75) is 191 Å². The maximum Gasteiger partial charge on any atom is 0.0101 e. The summed E-state index contributed by atoms with van der Waals surface area (Å²) in [5.41, 5.74) is 0. The zero-order valence-corrected chi connectivity index (χ0v) is 24.7. The maximum atomic E-state index is 3.28. The molecule has 1 nitrogen and oxygen atoms in total. The van der Waals surface area contributed by atoms with Gasteiger partial charge in [0.2, 0.25) is 0 Å². The van der Waals surface area contributed by atoms with Crippen molar-refractivity contribution in [1.29, 1.82) is 0 Å². The van der Waals surface area contributed by atoms with E-state index < -0.39 is 0 Å². The Labute approximate surface area is 231 Å². The van der Waals surface area contributed by atoms with Gasteiger partial charge in [0.05, 0.1) is 0 Å². The van der Waals surface area contributed by atoms with Crippen molar-refractivity contribution in [3.8, 4) is 0 Å². The standard InChI is InChI=1S/C36H63N/c1-4-10-28(11-5-1)31-16-22-34(23-17-31)37(35-24-18-32(19-25-35)29-12-6-2-7-13-29)36-26-20-33(21-27-36)30-14-8-3-9-15-30/h28-36H,1-27H2. The quantitative estimate of drug-likeness (QED) is 0.344. The first-order chi connectivity index (χ1) is 18.3. The van der Waals surface area contributed by atoms with Gasteiger partial charge in [-0.05, 0) is 113 Å². The van der Waals surface area contributed by atoms with E-state index in [4.69, 9.17) is 0 Å². The smallest absolute Gasteiger partial charge is 0.0101 e. The summed E-state index contributed by atoms with van der Waals surface area (Å²) in [6.45, 7) is 0. The monoisotopic (exact) mass is 509 g/mol. The van der Waals surface area contributed by atoms with Crippen molar-refractivity contribution in [2.75, 3.05) is 0 Å². The lowest BCUT2D eigenvalue weighted by molar-refractivity contribution is -0.0107. The zero-order valence-electron chi connectivity index (χ0n) is 24.7. The predicted molar refractivity (Wildman–Crippen MR) is 159 cm³/mol. The molecule has 6 saturated carbocycles. The molecule has 6 aliphatic rings. The highest BCUT2D eigenvalue weighted by atomic mass is 15.2. The van der Waals surface area contributed by atoms with Crippen molar-refractivity contribution in [3.05, 3.63) is 0 Å². The molecule has 6 rings (SSSR count). The maximum absolute atomic E-state index is 3.28. The highest BCUT2D eigenvalue weighted by molar-refractivity contribution is 4.95. The number of rotatable bonds is 6. The van der Waals surface area contributed by atoms with Gasteiger partial charge in [0, 0.05) is 18.1 Å². The Balaban J connectivity index is 1.07. The fraction of sp³-hybridized carbons (Fsp3) is 1.00. The molecule has 0 saturated heterocycles. The van der Waals surface area contributed by atoms with E-state index in [2.05, 4.69) is 4.90 Å². The summed E-state index contributed by atoms with van der Waals surface area (Å²) in [5, 5.41) is 0. The van der Waals surface area contributed by atoms with Crippen LogP contribution in [0.1, 0.15) is 173 Å². The van der Waals surface area contributed by atoms with Crippen molar-refractivity contribution in [1.82, 2.24) is 4.90 Å². The van der Waals surface area contributed by atoms with Gasteiger partial charge in [-0.1, -0.05) is 96.3 Å². The second-order valence-electron chi connectivity index (χ2n) is 15.3. The van der Waals surface area contributed by atoms with E-state index in [1.165, 1.54) is 57.8 Å². The SMILES string of the molecule is C1CCC(C2CCC(N(C3CCC(C4CCCCC4)CC3)C3CCC(C4CCCCC4)CC3)CC2)CC1. The van der Waals surface area contributed by atoms with Gasteiger partial charge in [-0.3, -0.25) is 4.90 Å². The summed E-state index contributed by atoms with van der Waals surface area (Å²) in [5.74, 6) is 6.55. The van der Waals surface area contributed by atoms with Crippen LogP contribution >= 0.6 is 0 Å². The Bertz CT molecular complexity index is 539. The van der Waals surface area contributed by atoms with Gasteiger partial charge in [0.15, 0.2) is 0 Å². The van der Waals surface area contributed by atoms with Gasteiger partial charge in [-0.25, -0.2) is 0 Å². The second kappa shape index (κ2) is 13.5. The Morgan fingerprint density at radius 3 is 0.676 bits per heavy atom. The average molecular weight is 510 g/mol. The van der Waals surface area contributed by atoms with Gasteiger partial charge < -0.3 is 0 Å². The molecule has 0 spiro atoms. The first-order valence-electron chi connectivity index (χ1n) is 18.1. The van der Waals surface area contributed by atoms with Crippen LogP contribution in [0.15, 0.2) is 0 Å². The van der Waals surface area contributed by atoms with Crippen LogP contribution in [0.4, 0.5) is 0 Å². The first-order valence-corrected chi connectivity index (χ1v) is 18.1. The fourth-order valence-electron chi connectivity index (χ4n) is 11.3. The molecule has 0 aromatic rings. The molecular formula is C36H63N. The summed E-state index contributed by atoms with van der Waals surface area (Å²) < 4.78 is 0. The minimum atomic E-state index is 0.937. The third-order valence-electron chi connectivity index (χ3n) is 13.4. The molecule has 0 radical (unpaired) electrons. The molecule has 37 heavy (non-hydrogen) atoms. The molecule has 0 amide bonds. The van der Waals surface area contributed by atoms with Gasteiger partial charge in [-0.15, -0.1) is 0 Å². The van der Waals surface area contributed by atoms with Gasteiger partial charge in [0.25, 0.3) is 0 Å². The van der Waals surface area contributed by atoms with Crippen molar-refractivity contribution >= 4 is 0 Å². The number of hydrogen-bond acceptors (Lipinski definition) is 1. The largest absolute Gasteiger partial charge is 0.294 e. The molecule has 0 N–H and O–H groups in total. The molecule has 1 heteroatoms. The number of nitrogens with zero attached hydrogens (tertiary/aromatic N) is 1. The molecule has 0 aliphatic heterocycles. The van der Waals surface area contributed by atoms with E-state index in [1.54, 1.807) is 116 Å². The minimum Gasteiger partial charge on any atom is -0.294 e. The lowest BCUT2D eigenvalue weighted by Crippen LogP contribution is -2.53. The summed E-state index contributed by atoms with van der Waals surface area (Å²) in [6.07, 6.45) is 41.9. The molecule has 0 unspecified atom stereocenters. The molecule has 6 fully saturated rings. The van der Waals surface area contributed by atoms with Gasteiger partial charge in [-0.2, -0.15) is 0 Å². The van der Waals surface area contributed by atoms with Crippen LogP contribution < -0.4 is 0 Å². The minimum absolute atomic E-state index is 0.937. The zero-order chi connectivity index (χ0) is 24.9. The Hall–Kier alpha value is -0.0400. The third-order valence-corrected chi connectivity index (χ3v) is 13.4. The number of hydrogen-bond donors (Lipinski definition) is 0. The van der Waals surface area contributed by atoms with E-state index >= 15 is 0 Å². The lowest BCUT2D eigenvalue weighted by atomic mass is 9.69. The van der Waals surface area contributed by atoms with Crippen LogP contribution in [0.5, 0.6) is 0 Å². The van der Waals surface area contributed by atoms with E-state index in [9.17, 15) is 0 Å². The van der Waals surface area contributed by atoms with E-state index in [1.807, 2.05) is 0 Å². The van der Waals surface area contributed by atoms with Crippen molar-refractivity contribution in [3.63, 3.8) is 0 Å². The third kappa shape index (κ3) is 6.82. The highest BCUT2D eigenvalue weighted by Crippen LogP contribution is 2.46. The van der Waals surface area contributed by atoms with Crippen LogP contribution in [-0.2, 0) is 0 Å². The highest BCUT2D eigenvalue weighted by Gasteiger charge is 2.41. The van der Waals surface area contributed by atoms with Gasteiger partial charge in [0.1, 0.15) is 0 Å². The topological polar surface area (TPSA) is 3.24 Å². The van der Waals surface area contributed by atoms with E-state index in [-0.39, 0.29) is 0 Å². The van der Waals surface area contributed by atoms with Crippen LogP contribution in [0.3, 0.4) is 0 Å². The molecule has 212 valence electrons. The molecule has 0 aromatic carbocycles. The summed E-state index contributed by atoms with van der Waals surface area (Å²) >= 11 is 0. The Morgan fingerprint density at radius 2 is 0.432 bits per heavy atom. The molecule has 0 aromatic heterocycles. The normalized spacial score (nSPS) is 40.1. The van der Waals surface area contributed by atoms with Gasteiger partial charge >= 0.3 is 0 Å². The van der Waals surface area contributed by atoms with Crippen LogP contribution in [0, 0.1) is 35.5 Å². The Morgan fingerprint density at radius 1 is 0.216 bits per heavy atom. The van der Waals surface area contributed by atoms with Crippen LogP contribution in [0.2, 0.25) is 0 Å². The molecular weight excluding hydrogens is 446 g/mol. The molecule has 0 heterocycles. The average Bonchev–Trinajstić information content (AvgIpc) is 3.00. The molecule has 0 bridgehead atoms. The van der Waals surface area contributed by atoms with Crippen molar-refractivity contribution in [2.24, 2.45) is 35.5 Å². The summed E-state index contributed by atoms with van der Waals surface area (Å²) in [6, 6.07) is 2.81. The summed E-state index contributed by atoms with van der Waals surface area (Å²) in [7, 11) is 0. The fourth-order valence-corrected chi connectivity index (χ4v) is 11.3. The van der Waals surface area contributed by atoms with Crippen molar-refractivity contribution < 1.29 is 0 Å². The van der Waals surface area contributed by atoms with Crippen LogP contribution in [-0.4, -0.2) is 23.0 Å². The molecule has 6 aliphatic carbocycles. The molecule has 0 atom stereocenters. The Kier molecular flexibility index (Phi) is 9.94. The van der Waals surface area contributed by atoms with E-state index in [0.717, 1.165) is 53.6 Å². The lowest BCUT2D eigenvalue weighted by Gasteiger charge is -2.51. The first kappa shape index (κ1) is 27.1.